The summed E-state index contributed by atoms with van der Waals surface area (Å²) in [6.45, 7) is 1.50. The molecule has 1 aliphatic carbocycles. The predicted molar refractivity (Wildman–Crippen MR) is 74.3 cm³/mol. The summed E-state index contributed by atoms with van der Waals surface area (Å²) >= 11 is 7.33. The lowest BCUT2D eigenvalue weighted by molar-refractivity contribution is 0.112. The lowest BCUT2D eigenvalue weighted by Gasteiger charge is -2.19. The summed E-state index contributed by atoms with van der Waals surface area (Å²) in [6.07, 6.45) is 2.62. The van der Waals surface area contributed by atoms with E-state index in [1.165, 1.54) is 18.4 Å². The van der Waals surface area contributed by atoms with E-state index in [1.807, 2.05) is 18.2 Å². The number of alkyl halides is 2. The number of hydrogen-bond acceptors (Lipinski definition) is 1. The molecule has 1 aromatic carbocycles. The number of ether oxygens (including phenoxy) is 1. The van der Waals surface area contributed by atoms with Crippen molar-refractivity contribution in [2.75, 3.05) is 11.9 Å². The standard InChI is InChI=1S/C13H16Br2O/c14-10-13(6-7-13)12(15)9-16-8-11-4-2-1-3-5-11/h1-5,12H,6-10H2. The van der Waals surface area contributed by atoms with E-state index in [0.717, 1.165) is 11.9 Å². The van der Waals surface area contributed by atoms with E-state index < -0.39 is 0 Å². The summed E-state index contributed by atoms with van der Waals surface area (Å²) in [5, 5.41) is 1.07. The van der Waals surface area contributed by atoms with Crippen molar-refractivity contribution in [3.05, 3.63) is 35.9 Å². The van der Waals surface area contributed by atoms with Crippen LogP contribution in [0.1, 0.15) is 18.4 Å². The van der Waals surface area contributed by atoms with Crippen molar-refractivity contribution in [1.29, 1.82) is 0 Å². The summed E-state index contributed by atoms with van der Waals surface area (Å²) in [4.78, 5) is 0.475. The molecule has 1 aliphatic rings. The van der Waals surface area contributed by atoms with Gasteiger partial charge in [0.15, 0.2) is 0 Å². The minimum atomic E-state index is 0.455. The molecule has 0 aromatic heterocycles. The van der Waals surface area contributed by atoms with E-state index >= 15 is 0 Å². The molecule has 0 amide bonds. The van der Waals surface area contributed by atoms with Crippen molar-refractivity contribution >= 4 is 31.9 Å². The van der Waals surface area contributed by atoms with Crippen LogP contribution in [0.4, 0.5) is 0 Å². The van der Waals surface area contributed by atoms with Crippen LogP contribution in [0.5, 0.6) is 0 Å². The van der Waals surface area contributed by atoms with Gasteiger partial charge in [0, 0.05) is 10.2 Å². The Labute approximate surface area is 114 Å². The topological polar surface area (TPSA) is 9.23 Å². The van der Waals surface area contributed by atoms with Gasteiger partial charge in [-0.1, -0.05) is 62.2 Å². The zero-order chi connectivity index (χ0) is 11.4. The van der Waals surface area contributed by atoms with Gasteiger partial charge >= 0.3 is 0 Å². The van der Waals surface area contributed by atoms with Crippen molar-refractivity contribution < 1.29 is 4.74 Å². The van der Waals surface area contributed by atoms with Gasteiger partial charge in [-0.2, -0.15) is 0 Å². The average molecular weight is 348 g/mol. The van der Waals surface area contributed by atoms with Crippen LogP contribution in [-0.2, 0) is 11.3 Å². The lowest BCUT2D eigenvalue weighted by Crippen LogP contribution is -2.22. The minimum absolute atomic E-state index is 0.455. The summed E-state index contributed by atoms with van der Waals surface area (Å²) < 4.78 is 5.74. The first-order valence-electron chi connectivity index (χ1n) is 5.58. The molecule has 0 aliphatic heterocycles. The molecule has 0 heterocycles. The van der Waals surface area contributed by atoms with E-state index in [-0.39, 0.29) is 0 Å². The number of benzene rings is 1. The quantitative estimate of drug-likeness (QED) is 0.702. The van der Waals surface area contributed by atoms with E-state index in [0.29, 0.717) is 16.8 Å². The van der Waals surface area contributed by atoms with Gasteiger partial charge in [0.1, 0.15) is 0 Å². The van der Waals surface area contributed by atoms with Gasteiger partial charge in [0.2, 0.25) is 0 Å². The third kappa shape index (κ3) is 3.08. The monoisotopic (exact) mass is 346 g/mol. The molecule has 0 N–H and O–H groups in total. The van der Waals surface area contributed by atoms with Gasteiger partial charge in [-0.3, -0.25) is 0 Å². The number of rotatable bonds is 6. The van der Waals surface area contributed by atoms with Gasteiger partial charge in [-0.25, -0.2) is 0 Å². The normalized spacial score (nSPS) is 19.4. The predicted octanol–water partition coefficient (Wildman–Crippen LogP) is 4.14. The Kier molecular flexibility index (Phi) is 4.45. The smallest absolute Gasteiger partial charge is 0.0717 e. The summed E-state index contributed by atoms with van der Waals surface area (Å²) in [6, 6.07) is 10.3. The molecular formula is C13H16Br2O. The summed E-state index contributed by atoms with van der Waals surface area (Å²) in [7, 11) is 0. The third-order valence-corrected chi connectivity index (χ3v) is 5.55. The Hall–Kier alpha value is 0.140. The van der Waals surface area contributed by atoms with Crippen LogP contribution in [0, 0.1) is 5.41 Å². The fraction of sp³-hybridized carbons (Fsp3) is 0.538. The second-order valence-corrected chi connectivity index (χ2v) is 6.13. The third-order valence-electron chi connectivity index (χ3n) is 3.20. The maximum atomic E-state index is 5.74. The van der Waals surface area contributed by atoms with E-state index in [2.05, 4.69) is 44.0 Å². The van der Waals surface area contributed by atoms with Crippen LogP contribution in [0.15, 0.2) is 30.3 Å². The number of halogens is 2. The molecule has 0 spiro atoms. The van der Waals surface area contributed by atoms with E-state index in [9.17, 15) is 0 Å². The molecule has 1 aromatic rings. The Morgan fingerprint density at radius 1 is 1.25 bits per heavy atom. The molecular weight excluding hydrogens is 332 g/mol. The fourth-order valence-electron chi connectivity index (χ4n) is 1.72. The zero-order valence-electron chi connectivity index (χ0n) is 9.16. The highest BCUT2D eigenvalue weighted by Gasteiger charge is 2.47. The second kappa shape index (κ2) is 5.65. The average Bonchev–Trinajstić information content (AvgIpc) is 3.11. The molecule has 1 saturated carbocycles. The van der Waals surface area contributed by atoms with E-state index in [1.54, 1.807) is 0 Å². The molecule has 3 heteroatoms. The maximum Gasteiger partial charge on any atom is 0.0717 e. The van der Waals surface area contributed by atoms with Crippen molar-refractivity contribution in [2.24, 2.45) is 5.41 Å². The van der Waals surface area contributed by atoms with Gasteiger partial charge in [0.05, 0.1) is 13.2 Å². The minimum Gasteiger partial charge on any atom is -0.376 e. The molecule has 1 atom stereocenters. The molecule has 2 rings (SSSR count). The first-order valence-corrected chi connectivity index (χ1v) is 7.62. The molecule has 0 radical (unpaired) electrons. The van der Waals surface area contributed by atoms with Crippen LogP contribution in [-0.4, -0.2) is 16.8 Å². The number of hydrogen-bond donors (Lipinski definition) is 0. The van der Waals surface area contributed by atoms with Crippen LogP contribution >= 0.6 is 31.9 Å². The van der Waals surface area contributed by atoms with Crippen LogP contribution in [0.2, 0.25) is 0 Å². The molecule has 1 unspecified atom stereocenters. The highest BCUT2D eigenvalue weighted by molar-refractivity contribution is 9.10. The summed E-state index contributed by atoms with van der Waals surface area (Å²) in [5.74, 6) is 0. The molecule has 1 nitrogen and oxygen atoms in total. The second-order valence-electron chi connectivity index (χ2n) is 4.46. The maximum absolute atomic E-state index is 5.74. The highest BCUT2D eigenvalue weighted by Crippen LogP contribution is 2.52. The highest BCUT2D eigenvalue weighted by atomic mass is 79.9. The van der Waals surface area contributed by atoms with Gasteiger partial charge < -0.3 is 4.74 Å². The molecule has 1 fully saturated rings. The van der Waals surface area contributed by atoms with Crippen molar-refractivity contribution in [3.63, 3.8) is 0 Å². The van der Waals surface area contributed by atoms with Crippen molar-refractivity contribution in [2.45, 2.75) is 24.3 Å². The fourth-order valence-corrected chi connectivity index (χ4v) is 3.91. The SMILES string of the molecule is BrCC1(C(Br)COCc2ccccc2)CC1. The van der Waals surface area contributed by atoms with Gasteiger partial charge in [-0.15, -0.1) is 0 Å². The molecule has 88 valence electrons. The Bertz CT molecular complexity index is 322. The Morgan fingerprint density at radius 2 is 1.94 bits per heavy atom. The largest absolute Gasteiger partial charge is 0.376 e. The van der Waals surface area contributed by atoms with E-state index in [4.69, 9.17) is 4.74 Å². The molecule has 16 heavy (non-hydrogen) atoms. The molecule has 0 bridgehead atoms. The van der Waals surface area contributed by atoms with Crippen molar-refractivity contribution in [1.82, 2.24) is 0 Å². The lowest BCUT2D eigenvalue weighted by atomic mass is 10.1. The van der Waals surface area contributed by atoms with Crippen molar-refractivity contribution in [3.8, 4) is 0 Å². The van der Waals surface area contributed by atoms with Gasteiger partial charge in [-0.05, 0) is 23.8 Å². The first-order chi connectivity index (χ1) is 7.77. The zero-order valence-corrected chi connectivity index (χ0v) is 12.3. The molecule has 0 saturated heterocycles. The Balaban J connectivity index is 1.72. The van der Waals surface area contributed by atoms with Gasteiger partial charge in [0.25, 0.3) is 0 Å². The van der Waals surface area contributed by atoms with Crippen LogP contribution in [0.25, 0.3) is 0 Å². The van der Waals surface area contributed by atoms with Crippen LogP contribution in [0.3, 0.4) is 0 Å². The Morgan fingerprint density at radius 3 is 2.50 bits per heavy atom. The summed E-state index contributed by atoms with van der Waals surface area (Å²) in [5.41, 5.74) is 1.70. The van der Waals surface area contributed by atoms with Crippen LogP contribution < -0.4 is 0 Å². The first kappa shape index (κ1) is 12.6.